The highest BCUT2D eigenvalue weighted by Gasteiger charge is 2.45. The molecule has 22 heavy (non-hydrogen) atoms. The normalized spacial score (nSPS) is 32.7. The first kappa shape index (κ1) is 16.9. The second-order valence-electron chi connectivity index (χ2n) is 4.64. The molecule has 2 rings (SSSR count). The minimum atomic E-state index is -1.66. The van der Waals surface area contributed by atoms with Crippen molar-refractivity contribution in [1.82, 2.24) is 0 Å². The van der Waals surface area contributed by atoms with Crippen molar-refractivity contribution in [1.29, 1.82) is 0 Å². The molecule has 1 aromatic rings. The van der Waals surface area contributed by atoms with Gasteiger partial charge in [-0.1, -0.05) is 6.07 Å². The van der Waals surface area contributed by atoms with Crippen LogP contribution in [0.5, 0.6) is 0 Å². The van der Waals surface area contributed by atoms with E-state index in [1.807, 2.05) is 0 Å². The average molecular weight is 332 g/mol. The standard InChI is InChI=1S/C13H16O8S/c14-5-8-9(15)10(16)11(17)13(21-8)20-7(12(18)19)4-6-2-1-3-22-6/h1-4,8-11,13-17H,5H2,(H,18,19)/t8-,9+,10+,11-,13-/m0/s1. The van der Waals surface area contributed by atoms with Crippen molar-refractivity contribution in [2.75, 3.05) is 6.61 Å². The SMILES string of the molecule is O=C(O)C(=Cc1cccs1)O[C@H]1O[C@@H](CO)[C@@H](O)[C@@H](O)[C@@H]1O. The van der Waals surface area contributed by atoms with Gasteiger partial charge in [0.1, 0.15) is 24.4 Å². The van der Waals surface area contributed by atoms with Gasteiger partial charge in [0.05, 0.1) is 6.61 Å². The van der Waals surface area contributed by atoms with E-state index in [9.17, 15) is 20.1 Å². The number of rotatable bonds is 5. The molecule has 2 heterocycles. The lowest BCUT2D eigenvalue weighted by Crippen LogP contribution is -2.59. The first-order valence-corrected chi connectivity index (χ1v) is 7.27. The maximum Gasteiger partial charge on any atom is 0.371 e. The van der Waals surface area contributed by atoms with Crippen molar-refractivity contribution in [2.45, 2.75) is 30.7 Å². The summed E-state index contributed by atoms with van der Waals surface area (Å²) in [5.41, 5.74) is 0. The minimum Gasteiger partial charge on any atom is -0.475 e. The molecule has 5 atom stereocenters. The number of aliphatic hydroxyl groups excluding tert-OH is 4. The van der Waals surface area contributed by atoms with Gasteiger partial charge >= 0.3 is 5.97 Å². The number of aliphatic hydroxyl groups is 4. The van der Waals surface area contributed by atoms with Crippen LogP contribution in [-0.2, 0) is 14.3 Å². The molecular weight excluding hydrogens is 316 g/mol. The highest BCUT2D eigenvalue weighted by molar-refractivity contribution is 7.10. The third-order valence-corrected chi connectivity index (χ3v) is 3.94. The van der Waals surface area contributed by atoms with Gasteiger partial charge < -0.3 is 35.0 Å². The highest BCUT2D eigenvalue weighted by atomic mass is 32.1. The van der Waals surface area contributed by atoms with E-state index < -0.39 is 49.0 Å². The Labute approximate surface area is 129 Å². The molecule has 1 fully saturated rings. The number of hydrogen-bond donors (Lipinski definition) is 5. The molecule has 0 bridgehead atoms. The summed E-state index contributed by atoms with van der Waals surface area (Å²) in [5, 5.41) is 49.1. The fourth-order valence-corrected chi connectivity index (χ4v) is 2.59. The number of hydrogen-bond acceptors (Lipinski definition) is 8. The Morgan fingerprint density at radius 1 is 1.32 bits per heavy atom. The third-order valence-electron chi connectivity index (χ3n) is 3.12. The van der Waals surface area contributed by atoms with Crippen LogP contribution in [0.1, 0.15) is 4.88 Å². The quantitative estimate of drug-likeness (QED) is 0.342. The Kier molecular flexibility index (Phi) is 5.51. The van der Waals surface area contributed by atoms with Gasteiger partial charge in [0.2, 0.25) is 12.0 Å². The molecule has 0 radical (unpaired) electrons. The summed E-state index contributed by atoms with van der Waals surface area (Å²) in [5.74, 6) is -1.88. The molecule has 8 nitrogen and oxygen atoms in total. The number of thiophene rings is 1. The first-order valence-electron chi connectivity index (χ1n) is 6.39. The second-order valence-corrected chi connectivity index (χ2v) is 5.62. The van der Waals surface area contributed by atoms with Gasteiger partial charge in [-0.2, -0.15) is 0 Å². The number of aliphatic carboxylic acids is 1. The van der Waals surface area contributed by atoms with Gasteiger partial charge in [-0.25, -0.2) is 4.79 Å². The van der Waals surface area contributed by atoms with Gasteiger partial charge in [-0.15, -0.1) is 11.3 Å². The van der Waals surface area contributed by atoms with Gasteiger partial charge in [0.25, 0.3) is 0 Å². The molecule has 1 aromatic heterocycles. The highest BCUT2D eigenvalue weighted by Crippen LogP contribution is 2.25. The average Bonchev–Trinajstić information content (AvgIpc) is 2.99. The summed E-state index contributed by atoms with van der Waals surface area (Å²) in [4.78, 5) is 11.8. The van der Waals surface area contributed by atoms with Crippen molar-refractivity contribution in [3.63, 3.8) is 0 Å². The van der Waals surface area contributed by atoms with Crippen LogP contribution in [0, 0.1) is 0 Å². The van der Waals surface area contributed by atoms with Gasteiger partial charge in [-0.05, 0) is 11.4 Å². The van der Waals surface area contributed by atoms with Crippen LogP contribution in [0.15, 0.2) is 23.3 Å². The number of carbonyl (C=O) groups is 1. The second kappa shape index (κ2) is 7.18. The van der Waals surface area contributed by atoms with Gasteiger partial charge in [0.15, 0.2) is 0 Å². The first-order chi connectivity index (χ1) is 10.4. The zero-order valence-corrected chi connectivity index (χ0v) is 12.1. The van der Waals surface area contributed by atoms with Crippen LogP contribution in [0.2, 0.25) is 0 Å². The van der Waals surface area contributed by atoms with Crippen LogP contribution in [0.3, 0.4) is 0 Å². The maximum absolute atomic E-state index is 11.2. The van der Waals surface area contributed by atoms with Crippen molar-refractivity contribution >= 4 is 23.4 Å². The fraction of sp³-hybridized carbons (Fsp3) is 0.462. The minimum absolute atomic E-state index is 0.494. The number of carboxylic acids is 1. The van der Waals surface area contributed by atoms with Crippen LogP contribution in [0.4, 0.5) is 0 Å². The summed E-state index contributed by atoms with van der Waals surface area (Å²) in [6, 6.07) is 3.40. The van der Waals surface area contributed by atoms with Crippen LogP contribution in [0.25, 0.3) is 6.08 Å². The Balaban J connectivity index is 2.17. The van der Waals surface area contributed by atoms with Crippen molar-refractivity contribution in [2.24, 2.45) is 0 Å². The summed E-state index contributed by atoms with van der Waals surface area (Å²) in [6.07, 6.45) is -6.28. The molecular formula is C13H16O8S. The monoisotopic (exact) mass is 332 g/mol. The molecule has 1 aliphatic rings. The van der Waals surface area contributed by atoms with E-state index in [1.54, 1.807) is 17.5 Å². The number of ether oxygens (including phenoxy) is 2. The Hall–Kier alpha value is -1.49. The van der Waals surface area contributed by atoms with Crippen molar-refractivity contribution < 1.29 is 39.8 Å². The summed E-state index contributed by atoms with van der Waals surface area (Å²) >= 11 is 1.29. The summed E-state index contributed by atoms with van der Waals surface area (Å²) in [6.45, 7) is -0.623. The van der Waals surface area contributed by atoms with E-state index in [2.05, 4.69) is 0 Å². The Bertz CT molecular complexity index is 526. The lowest BCUT2D eigenvalue weighted by atomic mass is 9.99. The van der Waals surface area contributed by atoms with E-state index in [1.165, 1.54) is 17.4 Å². The van der Waals surface area contributed by atoms with E-state index in [4.69, 9.17) is 19.7 Å². The van der Waals surface area contributed by atoms with Gasteiger partial charge in [-0.3, -0.25) is 0 Å². The van der Waals surface area contributed by atoms with Gasteiger partial charge in [0, 0.05) is 11.0 Å². The maximum atomic E-state index is 11.2. The molecule has 9 heteroatoms. The third kappa shape index (κ3) is 3.64. The molecule has 0 unspecified atom stereocenters. The molecule has 0 spiro atoms. The zero-order chi connectivity index (χ0) is 16.3. The smallest absolute Gasteiger partial charge is 0.371 e. The fourth-order valence-electron chi connectivity index (χ4n) is 1.94. The molecule has 122 valence electrons. The molecule has 5 N–H and O–H groups in total. The zero-order valence-electron chi connectivity index (χ0n) is 11.3. The van der Waals surface area contributed by atoms with E-state index in [0.717, 1.165) is 0 Å². The lowest BCUT2D eigenvalue weighted by molar-refractivity contribution is -0.291. The van der Waals surface area contributed by atoms with Crippen LogP contribution >= 0.6 is 11.3 Å². The van der Waals surface area contributed by atoms with E-state index in [-0.39, 0.29) is 0 Å². The molecule has 0 aliphatic carbocycles. The van der Waals surface area contributed by atoms with Crippen molar-refractivity contribution in [3.05, 3.63) is 28.1 Å². The predicted molar refractivity (Wildman–Crippen MR) is 74.8 cm³/mol. The summed E-state index contributed by atoms with van der Waals surface area (Å²) in [7, 11) is 0. The summed E-state index contributed by atoms with van der Waals surface area (Å²) < 4.78 is 10.2. The molecule has 0 aromatic carbocycles. The molecule has 1 aliphatic heterocycles. The van der Waals surface area contributed by atoms with E-state index in [0.29, 0.717) is 4.88 Å². The van der Waals surface area contributed by atoms with Crippen LogP contribution in [-0.4, -0.2) is 68.8 Å². The number of carboxylic acid groups (broad SMARTS) is 1. The van der Waals surface area contributed by atoms with E-state index >= 15 is 0 Å². The van der Waals surface area contributed by atoms with Crippen molar-refractivity contribution in [3.8, 4) is 0 Å². The predicted octanol–water partition coefficient (Wildman–Crippen LogP) is -1.01. The molecule has 1 saturated heterocycles. The Morgan fingerprint density at radius 3 is 2.59 bits per heavy atom. The molecule has 0 saturated carbocycles. The topological polar surface area (TPSA) is 137 Å². The molecule has 0 amide bonds. The Morgan fingerprint density at radius 2 is 2.05 bits per heavy atom. The van der Waals surface area contributed by atoms with Crippen LogP contribution < -0.4 is 0 Å². The lowest BCUT2D eigenvalue weighted by Gasteiger charge is -2.39. The largest absolute Gasteiger partial charge is 0.475 e.